The van der Waals surface area contributed by atoms with Gasteiger partial charge in [0.15, 0.2) is 0 Å². The summed E-state index contributed by atoms with van der Waals surface area (Å²) in [5.41, 5.74) is 2.40. The number of nitro groups is 1. The molecule has 2 aromatic rings. The van der Waals surface area contributed by atoms with Crippen molar-refractivity contribution in [2.24, 2.45) is 0 Å². The van der Waals surface area contributed by atoms with Gasteiger partial charge in [0.2, 0.25) is 21.1 Å². The molecule has 0 spiro atoms. The van der Waals surface area contributed by atoms with Crippen molar-refractivity contribution in [1.82, 2.24) is 0 Å². The second-order valence-corrected chi connectivity index (χ2v) is 8.96. The monoisotopic (exact) mass is 330 g/mol. The highest BCUT2D eigenvalue weighted by molar-refractivity contribution is 7.12. The number of non-ortho nitro benzene ring substituents is 1. The quantitative estimate of drug-likeness (QED) is 0.374. The van der Waals surface area contributed by atoms with E-state index in [1.54, 1.807) is 12.1 Å². The van der Waals surface area contributed by atoms with Gasteiger partial charge in [0, 0.05) is 35.1 Å². The maximum atomic E-state index is 10.8. The fraction of sp³-hybridized carbons (Fsp3) is 0.421. The standard InChI is InChI=1S/C19H24NO2S/c1-18(2,3)16-11-14(12-17(23-16)19(4,5)6)13-7-9-15(10-8-13)20(21)22/h7-12H,1-6H3/q+1. The maximum absolute atomic E-state index is 10.8. The van der Waals surface area contributed by atoms with Crippen LogP contribution in [-0.2, 0) is 10.8 Å². The number of hydrogen-bond donors (Lipinski definition) is 0. The zero-order chi connectivity index (χ0) is 17.4. The predicted octanol–water partition coefficient (Wildman–Crippen LogP) is 6.20. The number of rotatable bonds is 2. The molecule has 0 saturated heterocycles. The van der Waals surface area contributed by atoms with Crippen LogP contribution in [0.15, 0.2) is 36.4 Å². The molecule has 23 heavy (non-hydrogen) atoms. The van der Waals surface area contributed by atoms with Crippen molar-refractivity contribution in [3.05, 3.63) is 56.3 Å². The molecule has 4 heteroatoms. The molecule has 0 radical (unpaired) electrons. The summed E-state index contributed by atoms with van der Waals surface area (Å²) in [6.07, 6.45) is 0. The van der Waals surface area contributed by atoms with Crippen molar-refractivity contribution in [3.8, 4) is 11.1 Å². The molecular formula is C19H24NO2S+. The molecule has 2 rings (SSSR count). The normalized spacial score (nSPS) is 12.3. The average Bonchev–Trinajstić information content (AvgIpc) is 2.45. The first-order valence-corrected chi connectivity index (χ1v) is 8.54. The first-order chi connectivity index (χ1) is 10.5. The van der Waals surface area contributed by atoms with Crippen molar-refractivity contribution in [2.45, 2.75) is 52.4 Å². The molecule has 0 aliphatic heterocycles. The lowest BCUT2D eigenvalue weighted by Gasteiger charge is -2.16. The Morgan fingerprint density at radius 3 is 1.61 bits per heavy atom. The van der Waals surface area contributed by atoms with E-state index in [4.69, 9.17) is 0 Å². The van der Waals surface area contributed by atoms with Gasteiger partial charge in [-0.1, -0.05) is 41.5 Å². The number of nitro benzene ring substituents is 1. The summed E-state index contributed by atoms with van der Waals surface area (Å²) in [5.74, 6) is 0. The molecule has 3 nitrogen and oxygen atoms in total. The van der Waals surface area contributed by atoms with Crippen LogP contribution in [0.4, 0.5) is 5.69 Å². The van der Waals surface area contributed by atoms with Gasteiger partial charge in [-0.2, -0.15) is 0 Å². The molecule has 0 aliphatic carbocycles. The van der Waals surface area contributed by atoms with Gasteiger partial charge in [-0.3, -0.25) is 10.1 Å². The predicted molar refractivity (Wildman–Crippen MR) is 98.2 cm³/mol. The lowest BCUT2D eigenvalue weighted by Crippen LogP contribution is -2.14. The SMILES string of the molecule is CC(C)(C)c1cc(-c2ccc([N+](=O)[O-])cc2)cc(C(C)(C)C)[s+]1. The summed E-state index contributed by atoms with van der Waals surface area (Å²) < 4.78 is 0. The van der Waals surface area contributed by atoms with Crippen LogP contribution in [-0.4, -0.2) is 4.92 Å². The highest BCUT2D eigenvalue weighted by Gasteiger charge is 2.32. The molecule has 0 N–H and O–H groups in total. The first-order valence-electron chi connectivity index (χ1n) is 7.72. The van der Waals surface area contributed by atoms with Gasteiger partial charge < -0.3 is 0 Å². The van der Waals surface area contributed by atoms with Crippen molar-refractivity contribution < 1.29 is 4.92 Å². The van der Waals surface area contributed by atoms with Crippen molar-refractivity contribution in [3.63, 3.8) is 0 Å². The fourth-order valence-corrected chi connectivity index (χ4v) is 3.40. The van der Waals surface area contributed by atoms with E-state index in [-0.39, 0.29) is 21.4 Å². The third-order valence-corrected chi connectivity index (χ3v) is 5.58. The van der Waals surface area contributed by atoms with Crippen LogP contribution in [0.2, 0.25) is 0 Å². The van der Waals surface area contributed by atoms with Crippen molar-refractivity contribution in [2.75, 3.05) is 0 Å². The fourth-order valence-electron chi connectivity index (χ4n) is 2.18. The minimum absolute atomic E-state index is 0.0709. The van der Waals surface area contributed by atoms with E-state index in [9.17, 15) is 10.1 Å². The van der Waals surface area contributed by atoms with Crippen LogP contribution >= 0.6 is 11.3 Å². The molecule has 0 aliphatic rings. The first kappa shape index (κ1) is 17.5. The Hall–Kier alpha value is -1.81. The molecule has 0 saturated carbocycles. The van der Waals surface area contributed by atoms with Crippen molar-refractivity contribution in [1.29, 1.82) is 0 Å². The number of hydrogen-bond acceptors (Lipinski definition) is 2. The minimum atomic E-state index is -0.363. The largest absolute Gasteiger partial charge is 0.269 e. The van der Waals surface area contributed by atoms with Gasteiger partial charge >= 0.3 is 0 Å². The van der Waals surface area contributed by atoms with E-state index in [0.29, 0.717) is 0 Å². The van der Waals surface area contributed by atoms with Crippen LogP contribution in [0.25, 0.3) is 11.1 Å². The maximum Gasteiger partial charge on any atom is 0.269 e. The smallest absolute Gasteiger partial charge is 0.258 e. The summed E-state index contributed by atoms with van der Waals surface area (Å²) in [5, 5.41) is 10.8. The van der Waals surface area contributed by atoms with Gasteiger partial charge in [0.05, 0.1) is 4.92 Å². The van der Waals surface area contributed by atoms with Crippen molar-refractivity contribution >= 4 is 17.0 Å². The summed E-state index contributed by atoms with van der Waals surface area (Å²) in [4.78, 5) is 13.1. The second-order valence-electron chi connectivity index (χ2n) is 7.88. The molecule has 0 unspecified atom stereocenters. The Bertz CT molecular complexity index is 690. The molecule has 0 atom stereocenters. The van der Waals surface area contributed by atoms with Crippen LogP contribution in [0, 0.1) is 10.1 Å². The van der Waals surface area contributed by atoms with Gasteiger partial charge in [-0.15, -0.1) is 0 Å². The third-order valence-electron chi connectivity index (χ3n) is 3.68. The molecular weight excluding hydrogens is 306 g/mol. The summed E-state index contributed by atoms with van der Waals surface area (Å²) in [6.45, 7) is 13.3. The highest BCUT2D eigenvalue weighted by atomic mass is 32.1. The highest BCUT2D eigenvalue weighted by Crippen LogP contribution is 2.38. The molecule has 0 bridgehead atoms. The molecule has 0 fully saturated rings. The molecule has 0 amide bonds. The van der Waals surface area contributed by atoms with Gasteiger partial charge in [-0.05, 0) is 23.3 Å². The minimum Gasteiger partial charge on any atom is -0.258 e. The number of benzene rings is 1. The van der Waals surface area contributed by atoms with E-state index in [1.165, 1.54) is 9.75 Å². The van der Waals surface area contributed by atoms with E-state index in [1.807, 2.05) is 23.5 Å². The molecule has 1 aromatic heterocycles. The Labute approximate surface area is 142 Å². The summed E-state index contributed by atoms with van der Waals surface area (Å²) >= 11 is 1.84. The lowest BCUT2D eigenvalue weighted by molar-refractivity contribution is -0.384. The lowest BCUT2D eigenvalue weighted by atomic mass is 9.90. The summed E-state index contributed by atoms with van der Waals surface area (Å²) in [7, 11) is 0. The zero-order valence-electron chi connectivity index (χ0n) is 14.6. The Morgan fingerprint density at radius 2 is 1.26 bits per heavy atom. The zero-order valence-corrected chi connectivity index (χ0v) is 15.5. The van der Waals surface area contributed by atoms with E-state index in [2.05, 4.69) is 53.7 Å². The topological polar surface area (TPSA) is 43.1 Å². The average molecular weight is 330 g/mol. The molecule has 1 aromatic carbocycles. The van der Waals surface area contributed by atoms with Gasteiger partial charge in [0.25, 0.3) is 5.69 Å². The Balaban J connectivity index is 2.59. The van der Waals surface area contributed by atoms with Crippen LogP contribution in [0.1, 0.15) is 51.3 Å². The molecule has 1 heterocycles. The Morgan fingerprint density at radius 1 is 0.826 bits per heavy atom. The van der Waals surface area contributed by atoms with E-state index < -0.39 is 0 Å². The van der Waals surface area contributed by atoms with Gasteiger partial charge in [-0.25, -0.2) is 0 Å². The number of nitrogens with zero attached hydrogens (tertiary/aromatic N) is 1. The second kappa shape index (κ2) is 6.00. The van der Waals surface area contributed by atoms with E-state index in [0.717, 1.165) is 11.1 Å². The van der Waals surface area contributed by atoms with E-state index >= 15 is 0 Å². The summed E-state index contributed by atoms with van der Waals surface area (Å²) in [6, 6.07) is 11.2. The van der Waals surface area contributed by atoms with Crippen LogP contribution < -0.4 is 0 Å². The molecule has 122 valence electrons. The van der Waals surface area contributed by atoms with Crippen LogP contribution in [0.3, 0.4) is 0 Å². The van der Waals surface area contributed by atoms with Gasteiger partial charge in [0.1, 0.15) is 0 Å². The third kappa shape index (κ3) is 4.14. The van der Waals surface area contributed by atoms with Crippen LogP contribution in [0.5, 0.6) is 0 Å². The Kier molecular flexibility index (Phi) is 4.58.